The summed E-state index contributed by atoms with van der Waals surface area (Å²) in [7, 11) is -3.43. The van der Waals surface area contributed by atoms with Crippen molar-refractivity contribution >= 4 is 26.8 Å². The molecule has 1 aromatic heterocycles. The van der Waals surface area contributed by atoms with Gasteiger partial charge in [0.25, 0.3) is 0 Å². The maximum Gasteiger partial charge on any atom is 0.216 e. The number of sulfone groups is 1. The Morgan fingerprint density at radius 1 is 1.40 bits per heavy atom. The van der Waals surface area contributed by atoms with Crippen LogP contribution in [0.25, 0.3) is 5.57 Å². The minimum Gasteiger partial charge on any atom is -0.371 e. The van der Waals surface area contributed by atoms with E-state index in [-0.39, 0.29) is 16.3 Å². The number of rotatable bonds is 5. The van der Waals surface area contributed by atoms with Crippen LogP contribution in [0.4, 0.5) is 11.4 Å². The molecule has 1 aliphatic heterocycles. The van der Waals surface area contributed by atoms with E-state index in [1.165, 1.54) is 6.20 Å². The third-order valence-electron chi connectivity index (χ3n) is 3.91. The fourth-order valence-corrected chi connectivity index (χ4v) is 3.53. The second-order valence-corrected chi connectivity index (χ2v) is 7.68. The van der Waals surface area contributed by atoms with Gasteiger partial charge in [0.2, 0.25) is 5.82 Å². The molecule has 1 saturated heterocycles. The summed E-state index contributed by atoms with van der Waals surface area (Å²) in [4.78, 5) is 2.36. The summed E-state index contributed by atoms with van der Waals surface area (Å²) in [5.41, 5.74) is 1.49. The molecule has 0 atom stereocenters. The van der Waals surface area contributed by atoms with E-state index in [0.717, 1.165) is 37.9 Å². The predicted molar refractivity (Wildman–Crippen MR) is 92.4 cm³/mol. The first-order valence-corrected chi connectivity index (χ1v) is 9.58. The molecule has 1 aliphatic rings. The van der Waals surface area contributed by atoms with Crippen molar-refractivity contribution in [1.29, 1.82) is 5.26 Å². The molecule has 0 amide bonds. The average Bonchev–Trinajstić information content (AvgIpc) is 3.28. The Bertz CT molecular complexity index is 923. The van der Waals surface area contributed by atoms with Crippen LogP contribution in [0.5, 0.6) is 0 Å². The summed E-state index contributed by atoms with van der Waals surface area (Å²) in [6.07, 6.45) is 4.76. The van der Waals surface area contributed by atoms with Gasteiger partial charge in [0.1, 0.15) is 11.6 Å². The van der Waals surface area contributed by atoms with E-state index >= 15 is 0 Å². The van der Waals surface area contributed by atoms with Crippen LogP contribution >= 0.6 is 0 Å². The minimum atomic E-state index is -3.43. The monoisotopic (exact) mass is 359 g/mol. The number of allylic oxidation sites excluding steroid dienone is 1. The maximum absolute atomic E-state index is 12.1. The van der Waals surface area contributed by atoms with E-state index in [1.807, 2.05) is 6.07 Å². The first kappa shape index (κ1) is 16.9. The Hall–Kier alpha value is -2.93. The smallest absolute Gasteiger partial charge is 0.216 e. The quantitative estimate of drug-likeness (QED) is 0.762. The lowest BCUT2D eigenvalue weighted by atomic mass is 10.2. The largest absolute Gasteiger partial charge is 0.371 e. The van der Waals surface area contributed by atoms with Crippen molar-refractivity contribution in [3.05, 3.63) is 30.2 Å². The fourth-order valence-electron chi connectivity index (χ4n) is 2.70. The summed E-state index contributed by atoms with van der Waals surface area (Å²) >= 11 is 0. The minimum absolute atomic E-state index is 0.131. The van der Waals surface area contributed by atoms with Crippen molar-refractivity contribution in [2.45, 2.75) is 17.7 Å². The highest BCUT2D eigenvalue weighted by atomic mass is 32.2. The third-order valence-corrected chi connectivity index (χ3v) is 5.07. The summed E-state index contributed by atoms with van der Waals surface area (Å²) < 4.78 is 24.1. The van der Waals surface area contributed by atoms with Crippen molar-refractivity contribution in [2.24, 2.45) is 0 Å². The molecule has 25 heavy (non-hydrogen) atoms. The lowest BCUT2D eigenvalue weighted by Crippen LogP contribution is -2.18. The van der Waals surface area contributed by atoms with Crippen molar-refractivity contribution < 1.29 is 8.42 Å². The van der Waals surface area contributed by atoms with Crippen molar-refractivity contribution in [3.63, 3.8) is 0 Å². The number of H-pyrrole nitrogens is 1. The van der Waals surface area contributed by atoms with Gasteiger partial charge in [0.15, 0.2) is 9.84 Å². The highest BCUT2D eigenvalue weighted by Crippen LogP contribution is 2.29. The van der Waals surface area contributed by atoms with Crippen LogP contribution in [-0.2, 0) is 9.84 Å². The number of benzene rings is 1. The molecule has 0 aliphatic carbocycles. The summed E-state index contributed by atoms with van der Waals surface area (Å²) in [6, 6.07) is 7.13. The number of anilines is 2. The van der Waals surface area contributed by atoms with Crippen molar-refractivity contribution in [1.82, 2.24) is 20.6 Å². The SMILES string of the molecule is CS(=O)(=O)c1ccc(N2CCCC2)cc1NC=C(C#N)c1nn[nH]n1. The summed E-state index contributed by atoms with van der Waals surface area (Å²) in [5, 5.41) is 25.3. The molecular weight excluding hydrogens is 342 g/mol. The normalized spacial score (nSPS) is 15.2. The van der Waals surface area contributed by atoms with Crippen LogP contribution in [0.15, 0.2) is 29.3 Å². The van der Waals surface area contributed by atoms with Gasteiger partial charge < -0.3 is 10.2 Å². The van der Waals surface area contributed by atoms with Crippen LogP contribution in [0.2, 0.25) is 0 Å². The lowest BCUT2D eigenvalue weighted by molar-refractivity contribution is 0.602. The van der Waals surface area contributed by atoms with Gasteiger partial charge in [-0.3, -0.25) is 0 Å². The standard InChI is InChI=1S/C15H17N7O2S/c1-25(23,24)14-5-4-12(22-6-2-3-7-22)8-13(14)17-10-11(9-16)15-18-20-21-19-15/h4-5,8,10,17H,2-3,6-7H2,1H3,(H,18,19,20,21). The third kappa shape index (κ3) is 3.77. The van der Waals surface area contributed by atoms with Crippen LogP contribution in [0, 0.1) is 11.3 Å². The number of hydrogen-bond acceptors (Lipinski definition) is 8. The van der Waals surface area contributed by atoms with E-state index < -0.39 is 9.84 Å². The Morgan fingerprint density at radius 2 is 2.16 bits per heavy atom. The second kappa shape index (κ2) is 6.90. The number of nitrogens with zero attached hydrogens (tertiary/aromatic N) is 5. The summed E-state index contributed by atoms with van der Waals surface area (Å²) in [5.74, 6) is 0.131. The highest BCUT2D eigenvalue weighted by Gasteiger charge is 2.18. The Labute approximate surface area is 145 Å². The molecule has 3 rings (SSSR count). The zero-order valence-corrected chi connectivity index (χ0v) is 14.4. The van der Waals surface area contributed by atoms with Gasteiger partial charge in [-0.2, -0.15) is 10.5 Å². The number of nitriles is 1. The molecule has 2 N–H and O–H groups in total. The topological polar surface area (TPSA) is 128 Å². The van der Waals surface area contributed by atoms with E-state index in [2.05, 4.69) is 30.8 Å². The molecule has 2 aromatic rings. The number of tetrazole rings is 1. The molecule has 0 spiro atoms. The molecule has 0 bridgehead atoms. The first-order valence-electron chi connectivity index (χ1n) is 7.69. The van der Waals surface area contributed by atoms with Crippen molar-refractivity contribution in [2.75, 3.05) is 29.6 Å². The van der Waals surface area contributed by atoms with Crippen LogP contribution in [-0.4, -0.2) is 48.4 Å². The molecule has 130 valence electrons. The zero-order valence-electron chi connectivity index (χ0n) is 13.6. The molecule has 2 heterocycles. The van der Waals surface area contributed by atoms with Crippen LogP contribution in [0.3, 0.4) is 0 Å². The molecular formula is C15H17N7O2S. The molecule has 1 aromatic carbocycles. The summed E-state index contributed by atoms with van der Waals surface area (Å²) in [6.45, 7) is 1.89. The molecule has 10 heteroatoms. The molecule has 0 unspecified atom stereocenters. The van der Waals surface area contributed by atoms with Gasteiger partial charge in [-0.05, 0) is 36.3 Å². The Balaban J connectivity index is 1.97. The predicted octanol–water partition coefficient (Wildman–Crippen LogP) is 1.18. The van der Waals surface area contributed by atoms with Gasteiger partial charge in [0, 0.05) is 31.2 Å². The lowest BCUT2D eigenvalue weighted by Gasteiger charge is -2.19. The van der Waals surface area contributed by atoms with Crippen LogP contribution in [0.1, 0.15) is 18.7 Å². The van der Waals surface area contributed by atoms with E-state index in [4.69, 9.17) is 0 Å². The van der Waals surface area contributed by atoms with Gasteiger partial charge >= 0.3 is 0 Å². The fraction of sp³-hybridized carbons (Fsp3) is 0.333. The highest BCUT2D eigenvalue weighted by molar-refractivity contribution is 7.90. The number of aromatic amines is 1. The second-order valence-electron chi connectivity index (χ2n) is 5.70. The number of nitrogens with one attached hydrogen (secondary N) is 2. The maximum atomic E-state index is 12.1. The van der Waals surface area contributed by atoms with Gasteiger partial charge in [0.05, 0.1) is 10.6 Å². The number of aromatic nitrogens is 4. The van der Waals surface area contributed by atoms with Gasteiger partial charge in [-0.15, -0.1) is 10.2 Å². The number of hydrogen-bond donors (Lipinski definition) is 2. The average molecular weight is 359 g/mol. The zero-order chi connectivity index (χ0) is 17.9. The molecule has 9 nitrogen and oxygen atoms in total. The van der Waals surface area contributed by atoms with Gasteiger partial charge in [-0.1, -0.05) is 0 Å². The van der Waals surface area contributed by atoms with Crippen molar-refractivity contribution in [3.8, 4) is 6.07 Å². The Morgan fingerprint density at radius 3 is 2.76 bits per heavy atom. The first-order chi connectivity index (χ1) is 12.0. The molecule has 0 radical (unpaired) electrons. The van der Waals surface area contributed by atoms with Crippen LogP contribution < -0.4 is 10.2 Å². The van der Waals surface area contributed by atoms with Gasteiger partial charge in [-0.25, -0.2) is 8.42 Å². The Kier molecular flexibility index (Phi) is 4.67. The molecule has 0 saturated carbocycles. The van der Waals surface area contributed by atoms with E-state index in [0.29, 0.717) is 5.69 Å². The molecule has 1 fully saturated rings. The van der Waals surface area contributed by atoms with E-state index in [9.17, 15) is 13.7 Å². The van der Waals surface area contributed by atoms with E-state index in [1.54, 1.807) is 18.2 Å².